The van der Waals surface area contributed by atoms with Crippen LogP contribution >= 0.6 is 0 Å². The molecule has 2 N–H and O–H groups in total. The molecule has 1 aromatic carbocycles. The maximum Gasteiger partial charge on any atom is 0.150 e. The zero-order valence-electron chi connectivity index (χ0n) is 11.2. The summed E-state index contributed by atoms with van der Waals surface area (Å²) in [6, 6.07) is 5.26. The predicted molar refractivity (Wildman–Crippen MR) is 73.7 cm³/mol. The van der Waals surface area contributed by atoms with Crippen LogP contribution in [0.3, 0.4) is 0 Å². The lowest BCUT2D eigenvalue weighted by Crippen LogP contribution is -2.27. The smallest absolute Gasteiger partial charge is 0.150 e. The predicted octanol–water partition coefficient (Wildman–Crippen LogP) is 3.42. The van der Waals surface area contributed by atoms with Crippen molar-refractivity contribution in [1.29, 1.82) is 0 Å². The molecule has 0 aliphatic heterocycles. The number of anilines is 1. The molecule has 0 aromatic heterocycles. The van der Waals surface area contributed by atoms with E-state index in [1.807, 2.05) is 12.1 Å². The number of halogens is 1. The highest BCUT2D eigenvalue weighted by atomic mass is 19.1. The second-order valence-electron chi connectivity index (χ2n) is 5.52. The fourth-order valence-corrected chi connectivity index (χ4v) is 2.89. The SMILES string of the molecule is CN(Cc1cccc(N)c1F)CC1CCCCC1. The molecule has 0 atom stereocenters. The molecule has 1 aliphatic carbocycles. The standard InChI is InChI=1S/C15H23FN2/c1-18(10-12-6-3-2-4-7-12)11-13-8-5-9-14(17)15(13)16/h5,8-9,12H,2-4,6-7,10-11,17H2,1H3. The van der Waals surface area contributed by atoms with Crippen LogP contribution in [0, 0.1) is 11.7 Å². The Bertz CT molecular complexity index is 386. The van der Waals surface area contributed by atoms with Crippen molar-refractivity contribution in [2.24, 2.45) is 5.92 Å². The first-order valence-electron chi connectivity index (χ1n) is 6.88. The second-order valence-corrected chi connectivity index (χ2v) is 5.52. The lowest BCUT2D eigenvalue weighted by atomic mass is 9.89. The van der Waals surface area contributed by atoms with E-state index in [1.54, 1.807) is 6.07 Å². The molecule has 2 nitrogen and oxygen atoms in total. The topological polar surface area (TPSA) is 29.3 Å². The molecule has 0 spiro atoms. The number of hydrogen-bond acceptors (Lipinski definition) is 2. The van der Waals surface area contributed by atoms with Crippen molar-refractivity contribution >= 4 is 5.69 Å². The Balaban J connectivity index is 1.90. The van der Waals surface area contributed by atoms with Gasteiger partial charge >= 0.3 is 0 Å². The lowest BCUT2D eigenvalue weighted by molar-refractivity contribution is 0.226. The van der Waals surface area contributed by atoms with Crippen LogP contribution in [0.15, 0.2) is 18.2 Å². The van der Waals surface area contributed by atoms with Gasteiger partial charge in [-0.15, -0.1) is 0 Å². The molecule has 3 heteroatoms. The van der Waals surface area contributed by atoms with E-state index in [-0.39, 0.29) is 11.5 Å². The van der Waals surface area contributed by atoms with Crippen molar-refractivity contribution in [3.8, 4) is 0 Å². The molecule has 0 saturated heterocycles. The first-order valence-corrected chi connectivity index (χ1v) is 6.88. The number of nitrogens with zero attached hydrogens (tertiary/aromatic N) is 1. The normalized spacial score (nSPS) is 17.3. The summed E-state index contributed by atoms with van der Waals surface area (Å²) in [5, 5.41) is 0. The molecule has 1 aromatic rings. The molecule has 0 bridgehead atoms. The van der Waals surface area contributed by atoms with Gasteiger partial charge in [-0.25, -0.2) is 4.39 Å². The van der Waals surface area contributed by atoms with Crippen molar-refractivity contribution in [2.45, 2.75) is 38.6 Å². The maximum absolute atomic E-state index is 13.8. The van der Waals surface area contributed by atoms with E-state index in [1.165, 1.54) is 32.1 Å². The first-order chi connectivity index (χ1) is 8.66. The lowest BCUT2D eigenvalue weighted by Gasteiger charge is -2.27. The molecule has 0 amide bonds. The summed E-state index contributed by atoms with van der Waals surface area (Å²) in [5.74, 6) is 0.529. The number of hydrogen-bond donors (Lipinski definition) is 1. The molecular weight excluding hydrogens is 227 g/mol. The Labute approximate surface area is 109 Å². The summed E-state index contributed by atoms with van der Waals surface area (Å²) in [6.45, 7) is 1.71. The average molecular weight is 250 g/mol. The Kier molecular flexibility index (Phi) is 4.59. The van der Waals surface area contributed by atoms with Crippen molar-refractivity contribution in [3.63, 3.8) is 0 Å². The van der Waals surface area contributed by atoms with Crippen LogP contribution in [0.1, 0.15) is 37.7 Å². The molecular formula is C15H23FN2. The Morgan fingerprint density at radius 1 is 1.28 bits per heavy atom. The summed E-state index contributed by atoms with van der Waals surface area (Å²) in [4.78, 5) is 2.22. The molecule has 18 heavy (non-hydrogen) atoms. The summed E-state index contributed by atoms with van der Waals surface area (Å²) in [7, 11) is 2.07. The molecule has 1 fully saturated rings. The number of benzene rings is 1. The summed E-state index contributed by atoms with van der Waals surface area (Å²) < 4.78 is 13.8. The number of nitrogens with two attached hydrogens (primary N) is 1. The van der Waals surface area contributed by atoms with Crippen LogP contribution in [-0.2, 0) is 6.54 Å². The van der Waals surface area contributed by atoms with Crippen molar-refractivity contribution in [2.75, 3.05) is 19.3 Å². The van der Waals surface area contributed by atoms with Gasteiger partial charge in [0.1, 0.15) is 0 Å². The van der Waals surface area contributed by atoms with Gasteiger partial charge in [-0.1, -0.05) is 31.4 Å². The number of nitrogen functional groups attached to an aromatic ring is 1. The van der Waals surface area contributed by atoms with Gasteiger partial charge in [0.15, 0.2) is 5.82 Å². The Morgan fingerprint density at radius 2 is 2.00 bits per heavy atom. The van der Waals surface area contributed by atoms with Crippen LogP contribution < -0.4 is 5.73 Å². The Morgan fingerprint density at radius 3 is 2.72 bits per heavy atom. The molecule has 100 valence electrons. The van der Waals surface area contributed by atoms with E-state index in [0.29, 0.717) is 12.1 Å². The van der Waals surface area contributed by atoms with Gasteiger partial charge in [-0.2, -0.15) is 0 Å². The van der Waals surface area contributed by atoms with Gasteiger partial charge in [0.05, 0.1) is 5.69 Å². The summed E-state index contributed by atoms with van der Waals surface area (Å²) in [5.41, 5.74) is 6.54. The van der Waals surface area contributed by atoms with E-state index < -0.39 is 0 Å². The zero-order valence-corrected chi connectivity index (χ0v) is 11.2. The van der Waals surface area contributed by atoms with E-state index in [2.05, 4.69) is 11.9 Å². The molecule has 0 heterocycles. The molecule has 0 unspecified atom stereocenters. The van der Waals surface area contributed by atoms with Gasteiger partial charge in [0, 0.05) is 18.7 Å². The van der Waals surface area contributed by atoms with Gasteiger partial charge < -0.3 is 10.6 Å². The highest BCUT2D eigenvalue weighted by Gasteiger charge is 2.16. The van der Waals surface area contributed by atoms with Gasteiger partial charge in [-0.3, -0.25) is 0 Å². The largest absolute Gasteiger partial charge is 0.396 e. The van der Waals surface area contributed by atoms with Crippen molar-refractivity contribution in [1.82, 2.24) is 4.90 Å². The highest BCUT2D eigenvalue weighted by Crippen LogP contribution is 2.25. The molecule has 1 saturated carbocycles. The molecule has 2 rings (SSSR count). The zero-order chi connectivity index (χ0) is 13.0. The quantitative estimate of drug-likeness (QED) is 0.830. The third kappa shape index (κ3) is 3.45. The van der Waals surface area contributed by atoms with Crippen LogP contribution in [0.5, 0.6) is 0 Å². The highest BCUT2D eigenvalue weighted by molar-refractivity contribution is 5.42. The van der Waals surface area contributed by atoms with Crippen molar-refractivity contribution < 1.29 is 4.39 Å². The van der Waals surface area contributed by atoms with Gasteiger partial charge in [0.25, 0.3) is 0 Å². The molecule has 0 radical (unpaired) electrons. The fourth-order valence-electron chi connectivity index (χ4n) is 2.89. The Hall–Kier alpha value is -1.09. The molecule has 1 aliphatic rings. The minimum atomic E-state index is -0.256. The first kappa shape index (κ1) is 13.3. The minimum absolute atomic E-state index is 0.249. The fraction of sp³-hybridized carbons (Fsp3) is 0.600. The van der Waals surface area contributed by atoms with Gasteiger partial charge in [-0.05, 0) is 31.9 Å². The van der Waals surface area contributed by atoms with E-state index >= 15 is 0 Å². The van der Waals surface area contributed by atoms with Gasteiger partial charge in [0.2, 0.25) is 0 Å². The van der Waals surface area contributed by atoms with Crippen LogP contribution in [0.25, 0.3) is 0 Å². The average Bonchev–Trinajstić information content (AvgIpc) is 2.36. The third-order valence-electron chi connectivity index (χ3n) is 3.84. The second kappa shape index (κ2) is 6.19. The van der Waals surface area contributed by atoms with Crippen LogP contribution in [0.4, 0.5) is 10.1 Å². The third-order valence-corrected chi connectivity index (χ3v) is 3.84. The van der Waals surface area contributed by atoms with E-state index in [4.69, 9.17) is 5.73 Å². The van der Waals surface area contributed by atoms with Crippen LogP contribution in [-0.4, -0.2) is 18.5 Å². The van der Waals surface area contributed by atoms with Crippen LogP contribution in [0.2, 0.25) is 0 Å². The van der Waals surface area contributed by atoms with Crippen molar-refractivity contribution in [3.05, 3.63) is 29.6 Å². The maximum atomic E-state index is 13.8. The minimum Gasteiger partial charge on any atom is -0.396 e. The summed E-state index contributed by atoms with van der Waals surface area (Å²) in [6.07, 6.45) is 6.73. The summed E-state index contributed by atoms with van der Waals surface area (Å²) >= 11 is 0. The van der Waals surface area contributed by atoms with E-state index in [0.717, 1.165) is 12.5 Å². The van der Waals surface area contributed by atoms with E-state index in [9.17, 15) is 4.39 Å². The number of rotatable bonds is 4. The monoisotopic (exact) mass is 250 g/mol.